The van der Waals surface area contributed by atoms with Crippen LogP contribution in [0, 0.1) is 12.7 Å². The summed E-state index contributed by atoms with van der Waals surface area (Å²) < 4.78 is 41.4. The summed E-state index contributed by atoms with van der Waals surface area (Å²) in [4.78, 5) is 32.9. The molecule has 7 nitrogen and oxygen atoms in total. The lowest BCUT2D eigenvalue weighted by Gasteiger charge is -2.20. The van der Waals surface area contributed by atoms with Crippen LogP contribution in [-0.4, -0.2) is 25.2 Å². The molecule has 5 rings (SSSR count). The SMILES string of the molecule is Cc1cc(CS(=O)(=O)NC(=O)Cc2ccccc2F)ccc1N1Cc2c(c(C(C)C)c3cccnc3c2C(C)C)C1=O. The molecule has 0 atom stereocenters. The molecule has 0 spiro atoms. The second kappa shape index (κ2) is 11.3. The maximum atomic E-state index is 14.0. The number of hydrogen-bond donors (Lipinski definition) is 1. The Kier molecular flexibility index (Phi) is 7.90. The van der Waals surface area contributed by atoms with Gasteiger partial charge in [0.25, 0.3) is 5.91 Å². The largest absolute Gasteiger partial charge is 0.304 e. The van der Waals surface area contributed by atoms with Gasteiger partial charge in [-0.2, -0.15) is 0 Å². The van der Waals surface area contributed by atoms with Crippen LogP contribution in [0.25, 0.3) is 10.9 Å². The quantitative estimate of drug-likeness (QED) is 0.262. The van der Waals surface area contributed by atoms with Gasteiger partial charge < -0.3 is 4.90 Å². The number of pyridine rings is 1. The second-order valence-electron chi connectivity index (χ2n) is 11.5. The first kappa shape index (κ1) is 29.4. The number of carbonyl (C=O) groups excluding carboxylic acids is 2. The third-order valence-corrected chi connectivity index (χ3v) is 8.92. The van der Waals surface area contributed by atoms with Crippen molar-refractivity contribution in [3.8, 4) is 0 Å². The number of hydrogen-bond acceptors (Lipinski definition) is 5. The van der Waals surface area contributed by atoms with Crippen molar-refractivity contribution in [2.24, 2.45) is 0 Å². The fraction of sp³-hybridized carbons (Fsp3) is 0.303. The molecule has 0 saturated heterocycles. The Bertz CT molecular complexity index is 1830. The highest BCUT2D eigenvalue weighted by molar-refractivity contribution is 7.89. The summed E-state index contributed by atoms with van der Waals surface area (Å²) in [6.07, 6.45) is 1.40. The number of halogens is 1. The number of nitrogens with one attached hydrogen (secondary N) is 1. The van der Waals surface area contributed by atoms with Crippen LogP contribution in [0.15, 0.2) is 60.8 Å². The first-order chi connectivity index (χ1) is 19.9. The van der Waals surface area contributed by atoms with Crippen LogP contribution in [0.4, 0.5) is 10.1 Å². The molecule has 218 valence electrons. The fourth-order valence-electron chi connectivity index (χ4n) is 5.99. The van der Waals surface area contributed by atoms with Crippen LogP contribution >= 0.6 is 0 Å². The maximum Gasteiger partial charge on any atom is 0.259 e. The molecule has 2 heterocycles. The number of amides is 2. The van der Waals surface area contributed by atoms with E-state index < -0.39 is 27.5 Å². The summed E-state index contributed by atoms with van der Waals surface area (Å²) in [5.74, 6) is -1.62. The average Bonchev–Trinajstić information content (AvgIpc) is 3.23. The van der Waals surface area contributed by atoms with Crippen LogP contribution in [0.1, 0.15) is 83.3 Å². The van der Waals surface area contributed by atoms with E-state index in [0.717, 1.165) is 38.7 Å². The third-order valence-electron chi connectivity index (χ3n) is 7.67. The second-order valence-corrected chi connectivity index (χ2v) is 13.2. The number of sulfonamides is 1. The Morgan fingerprint density at radius 1 is 1.02 bits per heavy atom. The summed E-state index contributed by atoms with van der Waals surface area (Å²) >= 11 is 0. The van der Waals surface area contributed by atoms with Crippen molar-refractivity contribution in [2.75, 3.05) is 4.90 Å². The maximum absolute atomic E-state index is 14.0. The van der Waals surface area contributed by atoms with Crippen LogP contribution in [0.3, 0.4) is 0 Å². The van der Waals surface area contributed by atoms with Crippen LogP contribution in [0.2, 0.25) is 0 Å². The highest BCUT2D eigenvalue weighted by Crippen LogP contribution is 2.43. The third kappa shape index (κ3) is 5.53. The van der Waals surface area contributed by atoms with E-state index in [2.05, 4.69) is 27.7 Å². The van der Waals surface area contributed by atoms with Gasteiger partial charge in [0.2, 0.25) is 15.9 Å². The summed E-state index contributed by atoms with van der Waals surface area (Å²) in [7, 11) is -4.03. The first-order valence-electron chi connectivity index (χ1n) is 14.0. The topological polar surface area (TPSA) is 96.4 Å². The molecule has 0 aliphatic carbocycles. The van der Waals surface area contributed by atoms with Crippen LogP contribution < -0.4 is 9.62 Å². The predicted octanol–water partition coefficient (Wildman–Crippen LogP) is 6.28. The number of aromatic nitrogens is 1. The van der Waals surface area contributed by atoms with E-state index in [4.69, 9.17) is 4.98 Å². The zero-order valence-electron chi connectivity index (χ0n) is 24.4. The van der Waals surface area contributed by atoms with Gasteiger partial charge in [-0.15, -0.1) is 0 Å². The molecule has 1 aromatic heterocycles. The molecule has 0 fully saturated rings. The monoisotopic (exact) mass is 587 g/mol. The van der Waals surface area contributed by atoms with Crippen LogP contribution in [0.5, 0.6) is 0 Å². The molecular formula is C33H34FN3O4S. The number of nitrogens with zero attached hydrogens (tertiary/aromatic N) is 2. The predicted molar refractivity (Wildman–Crippen MR) is 162 cm³/mol. The first-order valence-corrected chi connectivity index (χ1v) is 15.6. The Morgan fingerprint density at radius 2 is 1.74 bits per heavy atom. The van der Waals surface area contributed by atoms with E-state index in [-0.39, 0.29) is 29.7 Å². The van der Waals surface area contributed by atoms with Gasteiger partial charge in [-0.25, -0.2) is 12.8 Å². The Labute approximate surface area is 245 Å². The van der Waals surface area contributed by atoms with E-state index in [0.29, 0.717) is 17.8 Å². The normalized spacial score (nSPS) is 13.3. The molecule has 3 aromatic carbocycles. The molecule has 0 bridgehead atoms. The minimum absolute atomic E-state index is 0.0785. The molecule has 2 amide bonds. The summed E-state index contributed by atoms with van der Waals surface area (Å²) in [5, 5.41) is 1.000. The number of aryl methyl sites for hydroxylation is 1. The Morgan fingerprint density at radius 3 is 2.40 bits per heavy atom. The van der Waals surface area contributed by atoms with Crippen molar-refractivity contribution in [2.45, 2.75) is 65.2 Å². The molecule has 4 aromatic rings. The summed E-state index contributed by atoms with van der Waals surface area (Å²) in [6, 6.07) is 14.8. The minimum atomic E-state index is -4.03. The smallest absolute Gasteiger partial charge is 0.259 e. The highest BCUT2D eigenvalue weighted by atomic mass is 32.2. The van der Waals surface area contributed by atoms with Gasteiger partial charge in [-0.3, -0.25) is 19.3 Å². The van der Waals surface area contributed by atoms with Gasteiger partial charge in [-0.05, 0) is 70.3 Å². The number of benzene rings is 3. The number of carbonyl (C=O) groups is 2. The van der Waals surface area contributed by atoms with E-state index >= 15 is 0 Å². The summed E-state index contributed by atoms with van der Waals surface area (Å²) in [6.45, 7) is 10.6. The lowest BCUT2D eigenvalue weighted by molar-refractivity contribution is -0.118. The zero-order chi connectivity index (χ0) is 30.3. The molecule has 0 saturated carbocycles. The van der Waals surface area contributed by atoms with Crippen molar-refractivity contribution in [3.63, 3.8) is 0 Å². The van der Waals surface area contributed by atoms with Gasteiger partial charge in [0.05, 0.1) is 24.2 Å². The van der Waals surface area contributed by atoms with E-state index in [9.17, 15) is 22.4 Å². The molecule has 0 unspecified atom stereocenters. The lowest BCUT2D eigenvalue weighted by atomic mass is 9.84. The Hall–Kier alpha value is -4.11. The van der Waals surface area contributed by atoms with Crippen molar-refractivity contribution in [1.29, 1.82) is 0 Å². The van der Waals surface area contributed by atoms with Crippen LogP contribution in [-0.2, 0) is 33.5 Å². The van der Waals surface area contributed by atoms with Crippen molar-refractivity contribution < 1.29 is 22.4 Å². The summed E-state index contributed by atoms with van der Waals surface area (Å²) in [5.41, 5.74) is 6.75. The van der Waals surface area contributed by atoms with Gasteiger partial charge in [0.1, 0.15) is 5.82 Å². The minimum Gasteiger partial charge on any atom is -0.304 e. The van der Waals surface area contributed by atoms with Gasteiger partial charge in [0.15, 0.2) is 0 Å². The molecule has 1 aliphatic heterocycles. The van der Waals surface area contributed by atoms with E-state index in [1.165, 1.54) is 18.2 Å². The number of fused-ring (bicyclic) bond motifs is 2. The highest BCUT2D eigenvalue weighted by Gasteiger charge is 2.37. The van der Waals surface area contributed by atoms with Gasteiger partial charge >= 0.3 is 0 Å². The van der Waals surface area contributed by atoms with E-state index in [1.54, 1.807) is 35.4 Å². The molecule has 42 heavy (non-hydrogen) atoms. The van der Waals surface area contributed by atoms with Gasteiger partial charge in [0, 0.05) is 22.8 Å². The molecule has 9 heteroatoms. The van der Waals surface area contributed by atoms with Crippen molar-refractivity contribution >= 4 is 38.4 Å². The van der Waals surface area contributed by atoms with Crippen molar-refractivity contribution in [3.05, 3.63) is 106 Å². The zero-order valence-corrected chi connectivity index (χ0v) is 25.2. The molecular weight excluding hydrogens is 553 g/mol. The fourth-order valence-corrected chi connectivity index (χ4v) is 7.10. The van der Waals surface area contributed by atoms with Crippen molar-refractivity contribution in [1.82, 2.24) is 9.71 Å². The number of anilines is 1. The molecule has 1 N–H and O–H groups in total. The van der Waals surface area contributed by atoms with Gasteiger partial charge in [-0.1, -0.05) is 64.1 Å². The van der Waals surface area contributed by atoms with E-state index in [1.807, 2.05) is 23.8 Å². The Balaban J connectivity index is 1.42. The lowest BCUT2D eigenvalue weighted by Crippen LogP contribution is -2.33. The standard InChI is InChI=1S/C33H34FN3O4S/c1-19(2)29-24-10-8-14-35-32(24)30(20(3)4)25-17-37(33(39)31(25)29)27-13-12-22(15-21(27)5)18-42(40,41)36-28(38)16-23-9-6-7-11-26(23)34/h6-15,19-20H,16-18H2,1-5H3,(H,36,38). The molecule has 1 aliphatic rings. The molecule has 0 radical (unpaired) electrons. The average molecular weight is 588 g/mol. The number of rotatable bonds is 8.